The number of hydrogen-bond donors (Lipinski definition) is 1. The molecule has 0 aromatic heterocycles. The second-order valence-electron chi connectivity index (χ2n) is 1.91. The van der Waals surface area contributed by atoms with Crippen LogP contribution in [0.25, 0.3) is 0 Å². The van der Waals surface area contributed by atoms with Crippen LogP contribution < -0.4 is 5.32 Å². The molecule has 2 nitrogen and oxygen atoms in total. The number of halogens is 1. The molecule has 3 heteroatoms. The van der Waals surface area contributed by atoms with Crippen molar-refractivity contribution in [2.45, 2.75) is 17.8 Å². The van der Waals surface area contributed by atoms with Gasteiger partial charge in [0.25, 0.3) is 0 Å². The summed E-state index contributed by atoms with van der Waals surface area (Å²) in [6.45, 7) is 0.738. The first-order valence-corrected chi connectivity index (χ1v) is 3.01. The lowest BCUT2D eigenvalue weighted by Gasteiger charge is -1.92. The Morgan fingerprint density at radius 3 is 2.75 bits per heavy atom. The van der Waals surface area contributed by atoms with Crippen LogP contribution in [0.1, 0.15) is 6.42 Å². The van der Waals surface area contributed by atoms with E-state index >= 15 is 0 Å². The number of carbonyl (C=O) groups excluding carboxylic acids is 1. The molecule has 0 spiro atoms. The van der Waals surface area contributed by atoms with Gasteiger partial charge in [0.05, 0.1) is 6.04 Å². The highest BCUT2D eigenvalue weighted by Crippen LogP contribution is 2.09. The van der Waals surface area contributed by atoms with Crippen LogP contribution in [0.4, 0.5) is 0 Å². The molecule has 0 aromatic carbocycles. The zero-order valence-corrected chi connectivity index (χ0v) is 5.11. The molecule has 1 rings (SSSR count). The van der Waals surface area contributed by atoms with Crippen molar-refractivity contribution in [2.24, 2.45) is 0 Å². The van der Waals surface area contributed by atoms with Gasteiger partial charge < -0.3 is 5.32 Å². The molecule has 1 heterocycles. The summed E-state index contributed by atoms with van der Waals surface area (Å²) in [4.78, 5) is 9.91. The summed E-state index contributed by atoms with van der Waals surface area (Å²) in [6, 6.07) is -0.113. The maximum absolute atomic E-state index is 9.91. The second kappa shape index (κ2) is 2.46. The Labute approximate surface area is 53.2 Å². The Morgan fingerprint density at radius 1 is 1.75 bits per heavy atom. The number of rotatable bonds is 1. The van der Waals surface area contributed by atoms with E-state index in [0.29, 0.717) is 0 Å². The van der Waals surface area contributed by atoms with E-state index in [4.69, 9.17) is 11.6 Å². The Morgan fingerprint density at radius 2 is 2.50 bits per heavy atom. The fourth-order valence-electron chi connectivity index (χ4n) is 0.782. The van der Waals surface area contributed by atoms with Gasteiger partial charge in [0, 0.05) is 11.9 Å². The minimum atomic E-state index is -0.113. The van der Waals surface area contributed by atoms with E-state index < -0.39 is 0 Å². The minimum Gasteiger partial charge on any atom is -0.306 e. The van der Waals surface area contributed by atoms with Crippen molar-refractivity contribution in [3.63, 3.8) is 0 Å². The summed E-state index contributed by atoms with van der Waals surface area (Å²) in [5, 5.41) is 3.03. The van der Waals surface area contributed by atoms with Gasteiger partial charge in [0.1, 0.15) is 0 Å². The Hall–Kier alpha value is -0.0800. The summed E-state index contributed by atoms with van der Waals surface area (Å²) in [5.74, 6) is 0. The van der Waals surface area contributed by atoms with Gasteiger partial charge in [0.2, 0.25) is 6.29 Å². The Kier molecular flexibility index (Phi) is 1.86. The number of hydrogen-bond acceptors (Lipinski definition) is 2. The molecule has 2 atom stereocenters. The summed E-state index contributed by atoms with van der Waals surface area (Å²) in [6.07, 6.45) is 2.58. The minimum absolute atomic E-state index is 0.113. The van der Waals surface area contributed by atoms with E-state index in [9.17, 15) is 4.79 Å². The smallest absolute Gasteiger partial charge is 0.216 e. The molecule has 1 N–H and O–H groups in total. The molecule has 0 amide bonds. The fraction of sp³-hybridized carbons (Fsp3) is 0.800. The third-order valence-electron chi connectivity index (χ3n) is 1.22. The van der Waals surface area contributed by atoms with Crippen LogP contribution >= 0.6 is 11.6 Å². The normalized spacial score (nSPS) is 37.6. The van der Waals surface area contributed by atoms with Gasteiger partial charge in [0.15, 0.2) is 0 Å². The molecular formula is C5H7ClNO. The lowest BCUT2D eigenvalue weighted by molar-refractivity contribution is 0.534. The molecule has 0 bridgehead atoms. The average Bonchev–Trinajstić information content (AvgIpc) is 2.14. The molecule has 1 aliphatic heterocycles. The summed E-state index contributed by atoms with van der Waals surface area (Å²) < 4.78 is 0. The molecule has 8 heavy (non-hydrogen) atoms. The molecule has 0 aromatic rings. The first-order chi connectivity index (χ1) is 3.83. The summed E-state index contributed by atoms with van der Waals surface area (Å²) in [5.41, 5.74) is 0. The van der Waals surface area contributed by atoms with E-state index in [1.54, 1.807) is 0 Å². The lowest BCUT2D eigenvalue weighted by Crippen LogP contribution is -2.22. The van der Waals surface area contributed by atoms with Gasteiger partial charge in [-0.25, -0.2) is 0 Å². The predicted octanol–water partition coefficient (Wildman–Crippen LogP) is 0.0654. The van der Waals surface area contributed by atoms with Crippen molar-refractivity contribution in [1.82, 2.24) is 5.32 Å². The Bertz CT molecular complexity index is 96.4. The van der Waals surface area contributed by atoms with Crippen LogP contribution in [-0.4, -0.2) is 24.2 Å². The van der Waals surface area contributed by atoms with Crippen LogP contribution in [0.15, 0.2) is 0 Å². The lowest BCUT2D eigenvalue weighted by atomic mass is 10.2. The SMILES string of the molecule is O=[C]C1CC(Cl)CN1. The third kappa shape index (κ3) is 1.20. The van der Waals surface area contributed by atoms with Crippen molar-refractivity contribution < 1.29 is 4.79 Å². The highest BCUT2D eigenvalue weighted by Gasteiger charge is 2.21. The monoisotopic (exact) mass is 132 g/mol. The second-order valence-corrected chi connectivity index (χ2v) is 2.53. The number of alkyl halides is 1. The van der Waals surface area contributed by atoms with Gasteiger partial charge in [-0.1, -0.05) is 0 Å². The van der Waals surface area contributed by atoms with Gasteiger partial charge >= 0.3 is 0 Å². The van der Waals surface area contributed by atoms with E-state index in [2.05, 4.69) is 5.32 Å². The largest absolute Gasteiger partial charge is 0.306 e. The molecule has 1 aliphatic rings. The molecular weight excluding hydrogens is 126 g/mol. The van der Waals surface area contributed by atoms with E-state index in [1.807, 2.05) is 6.29 Å². The van der Waals surface area contributed by atoms with E-state index in [-0.39, 0.29) is 11.4 Å². The predicted molar refractivity (Wildman–Crippen MR) is 31.7 cm³/mol. The van der Waals surface area contributed by atoms with Gasteiger partial charge in [-0.2, -0.15) is 0 Å². The molecule has 0 aliphatic carbocycles. The number of nitrogens with one attached hydrogen (secondary N) is 1. The summed E-state index contributed by atoms with van der Waals surface area (Å²) in [7, 11) is 0. The average molecular weight is 133 g/mol. The fourth-order valence-corrected chi connectivity index (χ4v) is 1.05. The molecule has 1 radical (unpaired) electrons. The van der Waals surface area contributed by atoms with Crippen molar-refractivity contribution in [3.8, 4) is 0 Å². The zero-order valence-electron chi connectivity index (χ0n) is 4.36. The van der Waals surface area contributed by atoms with Crippen molar-refractivity contribution in [2.75, 3.05) is 6.54 Å². The quantitative estimate of drug-likeness (QED) is 0.512. The van der Waals surface area contributed by atoms with Gasteiger partial charge in [-0.3, -0.25) is 4.79 Å². The molecule has 2 unspecified atom stereocenters. The molecule has 1 fully saturated rings. The zero-order chi connectivity index (χ0) is 5.98. The highest BCUT2D eigenvalue weighted by molar-refractivity contribution is 6.21. The van der Waals surface area contributed by atoms with E-state index in [0.717, 1.165) is 13.0 Å². The topological polar surface area (TPSA) is 29.1 Å². The Balaban J connectivity index is 2.32. The van der Waals surface area contributed by atoms with Crippen LogP contribution in [0.2, 0.25) is 0 Å². The van der Waals surface area contributed by atoms with Gasteiger partial charge in [-0.15, -0.1) is 11.6 Å². The first-order valence-electron chi connectivity index (χ1n) is 2.58. The molecule has 1 saturated heterocycles. The van der Waals surface area contributed by atoms with Crippen molar-refractivity contribution >= 4 is 17.9 Å². The highest BCUT2D eigenvalue weighted by atomic mass is 35.5. The van der Waals surface area contributed by atoms with Crippen molar-refractivity contribution in [1.29, 1.82) is 0 Å². The summed E-state index contributed by atoms with van der Waals surface area (Å²) >= 11 is 5.64. The third-order valence-corrected chi connectivity index (χ3v) is 1.55. The molecule has 0 saturated carbocycles. The van der Waals surface area contributed by atoms with E-state index in [1.165, 1.54) is 0 Å². The molecule has 45 valence electrons. The maximum Gasteiger partial charge on any atom is 0.216 e. The van der Waals surface area contributed by atoms with Crippen molar-refractivity contribution in [3.05, 3.63) is 0 Å². The standard InChI is InChI=1S/C5H7ClNO/c6-4-1-5(3-8)7-2-4/h4-5,7H,1-2H2. The van der Waals surface area contributed by atoms with Crippen LogP contribution in [-0.2, 0) is 4.79 Å². The van der Waals surface area contributed by atoms with Crippen LogP contribution in [0.3, 0.4) is 0 Å². The van der Waals surface area contributed by atoms with Crippen LogP contribution in [0, 0.1) is 0 Å². The van der Waals surface area contributed by atoms with Crippen LogP contribution in [0.5, 0.6) is 0 Å². The maximum atomic E-state index is 9.91. The first kappa shape index (κ1) is 6.05. The van der Waals surface area contributed by atoms with Gasteiger partial charge in [-0.05, 0) is 6.42 Å².